The van der Waals surface area contributed by atoms with Crippen molar-refractivity contribution in [2.24, 2.45) is 0 Å². The van der Waals surface area contributed by atoms with Crippen LogP contribution in [0.25, 0.3) is 0 Å². The molecular weight excluding hydrogens is 446 g/mol. The molecule has 2 N–H and O–H groups in total. The van der Waals surface area contributed by atoms with Gasteiger partial charge >= 0.3 is 12.1 Å². The number of hydrogen-bond donors (Lipinski definition) is 2. The summed E-state index contributed by atoms with van der Waals surface area (Å²) >= 11 is 0. The number of benzene rings is 3. The first kappa shape index (κ1) is 25.6. The monoisotopic (exact) mass is 477 g/mol. The molecule has 7 nitrogen and oxygen atoms in total. The predicted molar refractivity (Wildman–Crippen MR) is 132 cm³/mol. The minimum Gasteiger partial charge on any atom is -0.508 e. The van der Waals surface area contributed by atoms with Crippen LogP contribution < -0.4 is 4.74 Å². The standard InChI is InChI=1S/C28H31NO6/c1-28(2,3)35-27(33)29(18-20-10-6-4-7-11-20)25(26(31)32)16-22-14-23(30)17-24(15-22)34-19-21-12-8-5-9-13-21/h4-15,17,25,30H,16,18-19H2,1-3H3,(H,31,32)/t25-/m0/s1. The van der Waals surface area contributed by atoms with E-state index in [0.717, 1.165) is 11.1 Å². The van der Waals surface area contributed by atoms with Crippen LogP contribution in [-0.2, 0) is 29.1 Å². The molecule has 1 atom stereocenters. The zero-order valence-corrected chi connectivity index (χ0v) is 20.2. The molecule has 3 rings (SSSR count). The number of aromatic hydroxyl groups is 1. The van der Waals surface area contributed by atoms with Gasteiger partial charge in [-0.25, -0.2) is 9.59 Å². The van der Waals surface area contributed by atoms with Crippen LogP contribution >= 0.6 is 0 Å². The maximum absolute atomic E-state index is 13.1. The highest BCUT2D eigenvalue weighted by molar-refractivity contribution is 5.80. The molecule has 0 spiro atoms. The van der Waals surface area contributed by atoms with E-state index in [1.54, 1.807) is 26.8 Å². The van der Waals surface area contributed by atoms with Crippen molar-refractivity contribution in [2.45, 2.75) is 52.0 Å². The second-order valence-electron chi connectivity index (χ2n) is 9.26. The van der Waals surface area contributed by atoms with Crippen LogP contribution in [0.3, 0.4) is 0 Å². The Morgan fingerprint density at radius 3 is 2.06 bits per heavy atom. The first-order valence-electron chi connectivity index (χ1n) is 11.4. The van der Waals surface area contributed by atoms with Crippen molar-refractivity contribution in [1.29, 1.82) is 0 Å². The van der Waals surface area contributed by atoms with Gasteiger partial charge in [-0.1, -0.05) is 60.7 Å². The van der Waals surface area contributed by atoms with E-state index in [0.29, 0.717) is 17.9 Å². The maximum atomic E-state index is 13.1. The Hall–Kier alpha value is -4.00. The SMILES string of the molecule is CC(C)(C)OC(=O)N(Cc1ccccc1)[C@@H](Cc1cc(O)cc(OCc2ccccc2)c1)C(=O)O. The normalized spacial score (nSPS) is 12.0. The molecule has 0 saturated heterocycles. The molecule has 35 heavy (non-hydrogen) atoms. The average Bonchev–Trinajstić information content (AvgIpc) is 2.80. The van der Waals surface area contributed by atoms with Gasteiger partial charge in [0.05, 0.1) is 0 Å². The minimum absolute atomic E-state index is 0.0441. The van der Waals surface area contributed by atoms with Crippen LogP contribution in [-0.4, -0.2) is 38.8 Å². The van der Waals surface area contributed by atoms with E-state index in [1.807, 2.05) is 60.7 Å². The van der Waals surface area contributed by atoms with Crippen molar-refractivity contribution >= 4 is 12.1 Å². The van der Waals surface area contributed by atoms with Crippen molar-refractivity contribution < 1.29 is 29.3 Å². The Labute approximate surface area is 205 Å². The molecule has 0 aliphatic heterocycles. The second kappa shape index (κ2) is 11.4. The van der Waals surface area contributed by atoms with Crippen LogP contribution in [0.1, 0.15) is 37.5 Å². The molecular formula is C28H31NO6. The first-order valence-corrected chi connectivity index (χ1v) is 11.4. The summed E-state index contributed by atoms with van der Waals surface area (Å²) in [5.41, 5.74) is 1.45. The number of hydrogen-bond acceptors (Lipinski definition) is 5. The molecule has 0 aliphatic carbocycles. The molecule has 3 aromatic rings. The van der Waals surface area contributed by atoms with Crippen molar-refractivity contribution in [2.75, 3.05) is 0 Å². The van der Waals surface area contributed by atoms with Crippen LogP contribution in [0.4, 0.5) is 4.79 Å². The van der Waals surface area contributed by atoms with Gasteiger partial charge in [-0.2, -0.15) is 0 Å². The molecule has 0 radical (unpaired) electrons. The van der Waals surface area contributed by atoms with E-state index in [9.17, 15) is 19.8 Å². The summed E-state index contributed by atoms with van der Waals surface area (Å²) in [5.74, 6) is -0.830. The third-order valence-corrected chi connectivity index (χ3v) is 5.11. The summed E-state index contributed by atoms with van der Waals surface area (Å²) in [6, 6.07) is 22.1. The van der Waals surface area contributed by atoms with E-state index in [4.69, 9.17) is 9.47 Å². The van der Waals surface area contributed by atoms with Crippen molar-refractivity contribution in [1.82, 2.24) is 4.90 Å². The molecule has 0 heterocycles. The molecule has 0 fully saturated rings. The topological polar surface area (TPSA) is 96.3 Å². The smallest absolute Gasteiger partial charge is 0.411 e. The van der Waals surface area contributed by atoms with Gasteiger partial charge in [-0.15, -0.1) is 0 Å². The third-order valence-electron chi connectivity index (χ3n) is 5.11. The van der Waals surface area contributed by atoms with Gasteiger partial charge in [0.25, 0.3) is 0 Å². The summed E-state index contributed by atoms with van der Waals surface area (Å²) < 4.78 is 11.3. The largest absolute Gasteiger partial charge is 0.508 e. The van der Waals surface area contributed by atoms with Crippen LogP contribution in [0.2, 0.25) is 0 Å². The Morgan fingerprint density at radius 2 is 1.49 bits per heavy atom. The Morgan fingerprint density at radius 1 is 0.886 bits per heavy atom. The highest BCUT2D eigenvalue weighted by Crippen LogP contribution is 2.26. The number of carboxylic acid groups (broad SMARTS) is 1. The lowest BCUT2D eigenvalue weighted by Gasteiger charge is -2.31. The Kier molecular flexibility index (Phi) is 8.36. The fraction of sp³-hybridized carbons (Fsp3) is 0.286. The predicted octanol–water partition coefficient (Wildman–Crippen LogP) is 5.40. The lowest BCUT2D eigenvalue weighted by molar-refractivity contribution is -0.143. The Bertz CT molecular complexity index is 1130. The number of nitrogens with zero attached hydrogens (tertiary/aromatic N) is 1. The van der Waals surface area contributed by atoms with Crippen molar-refractivity contribution in [3.8, 4) is 11.5 Å². The third kappa shape index (κ3) is 8.07. The lowest BCUT2D eigenvalue weighted by Crippen LogP contribution is -2.47. The van der Waals surface area contributed by atoms with Crippen LogP contribution in [0.5, 0.6) is 11.5 Å². The second-order valence-corrected chi connectivity index (χ2v) is 9.26. The molecule has 1 amide bonds. The number of carbonyl (C=O) groups is 2. The van der Waals surface area contributed by atoms with Crippen LogP contribution in [0, 0.1) is 0 Å². The highest BCUT2D eigenvalue weighted by atomic mass is 16.6. The van der Waals surface area contributed by atoms with Gasteiger partial charge in [-0.3, -0.25) is 4.90 Å². The van der Waals surface area contributed by atoms with Gasteiger partial charge in [-0.05, 0) is 49.6 Å². The average molecular weight is 478 g/mol. The van der Waals surface area contributed by atoms with Gasteiger partial charge < -0.3 is 19.7 Å². The van der Waals surface area contributed by atoms with E-state index in [1.165, 1.54) is 17.0 Å². The number of amides is 1. The highest BCUT2D eigenvalue weighted by Gasteiger charge is 2.33. The van der Waals surface area contributed by atoms with Gasteiger partial charge in [0, 0.05) is 19.0 Å². The number of rotatable bonds is 9. The summed E-state index contributed by atoms with van der Waals surface area (Å²) in [4.78, 5) is 26.6. The van der Waals surface area contributed by atoms with Crippen molar-refractivity contribution in [3.05, 3.63) is 95.6 Å². The first-order chi connectivity index (χ1) is 16.6. The molecule has 184 valence electrons. The number of phenolic OH excluding ortho intramolecular Hbond substituents is 1. The molecule has 0 unspecified atom stereocenters. The number of carbonyl (C=O) groups excluding carboxylic acids is 1. The fourth-order valence-corrected chi connectivity index (χ4v) is 3.54. The fourth-order valence-electron chi connectivity index (χ4n) is 3.54. The number of phenols is 1. The van der Waals surface area contributed by atoms with Crippen molar-refractivity contribution in [3.63, 3.8) is 0 Å². The summed E-state index contributed by atoms with van der Waals surface area (Å²) in [7, 11) is 0. The summed E-state index contributed by atoms with van der Waals surface area (Å²) in [6.45, 7) is 5.54. The molecule has 0 aliphatic rings. The quantitative estimate of drug-likeness (QED) is 0.428. The molecule has 3 aromatic carbocycles. The number of carboxylic acids is 1. The molecule has 0 aromatic heterocycles. The van der Waals surface area contributed by atoms with Gasteiger partial charge in [0.2, 0.25) is 0 Å². The maximum Gasteiger partial charge on any atom is 0.411 e. The van der Waals surface area contributed by atoms with Crippen LogP contribution in [0.15, 0.2) is 78.9 Å². The van der Waals surface area contributed by atoms with Gasteiger partial charge in [0.15, 0.2) is 0 Å². The lowest BCUT2D eigenvalue weighted by atomic mass is 10.0. The van der Waals surface area contributed by atoms with E-state index in [-0.39, 0.29) is 18.7 Å². The number of ether oxygens (including phenoxy) is 2. The Balaban J connectivity index is 1.85. The number of aliphatic carboxylic acids is 1. The van der Waals surface area contributed by atoms with Gasteiger partial charge in [0.1, 0.15) is 29.7 Å². The molecule has 0 saturated carbocycles. The summed E-state index contributed by atoms with van der Waals surface area (Å²) in [6.07, 6.45) is -0.771. The molecule has 7 heteroatoms. The van der Waals surface area contributed by atoms with E-state index < -0.39 is 23.7 Å². The minimum atomic E-state index is -1.23. The summed E-state index contributed by atoms with van der Waals surface area (Å²) in [5, 5.41) is 20.3. The zero-order valence-electron chi connectivity index (χ0n) is 20.2. The van der Waals surface area contributed by atoms with E-state index in [2.05, 4.69) is 0 Å². The van der Waals surface area contributed by atoms with E-state index >= 15 is 0 Å². The zero-order chi connectivity index (χ0) is 25.4. The molecule has 0 bridgehead atoms.